The summed E-state index contributed by atoms with van der Waals surface area (Å²) in [5.41, 5.74) is 1.57. The van der Waals surface area contributed by atoms with Gasteiger partial charge in [-0.3, -0.25) is 4.98 Å². The zero-order chi connectivity index (χ0) is 18.6. The fraction of sp³-hybridized carbons (Fsp3) is 0.200. The molecule has 0 aliphatic heterocycles. The van der Waals surface area contributed by atoms with E-state index in [1.54, 1.807) is 60.1 Å². The minimum Gasteiger partial charge on any atom is -0.457 e. The number of ether oxygens (including phenoxy) is 1. The van der Waals surface area contributed by atoms with Gasteiger partial charge in [0.1, 0.15) is 11.5 Å². The summed E-state index contributed by atoms with van der Waals surface area (Å²) < 4.78 is 5.70. The van der Waals surface area contributed by atoms with E-state index in [0.717, 1.165) is 5.69 Å². The summed E-state index contributed by atoms with van der Waals surface area (Å²) in [5.74, 6) is 1.40. The minimum atomic E-state index is -0.272. The third-order valence-corrected chi connectivity index (χ3v) is 4.95. The first-order chi connectivity index (χ1) is 12.4. The van der Waals surface area contributed by atoms with Gasteiger partial charge in [-0.15, -0.1) is 11.3 Å². The molecule has 0 aliphatic carbocycles. The Hall–Kier alpha value is -2.86. The molecule has 2 aromatic heterocycles. The number of thiophene rings is 1. The van der Waals surface area contributed by atoms with Gasteiger partial charge in [0.05, 0.1) is 5.69 Å². The smallest absolute Gasteiger partial charge is 0.323 e. The third kappa shape index (κ3) is 4.83. The Kier molecular flexibility index (Phi) is 5.23. The van der Waals surface area contributed by atoms with Crippen molar-refractivity contribution in [2.45, 2.75) is 26.2 Å². The maximum atomic E-state index is 12.2. The second-order valence-corrected chi connectivity index (χ2v) is 7.75. The Morgan fingerprint density at radius 3 is 2.19 bits per heavy atom. The Labute approximate surface area is 157 Å². The van der Waals surface area contributed by atoms with Crippen molar-refractivity contribution >= 4 is 28.7 Å². The van der Waals surface area contributed by atoms with Crippen LogP contribution in [0.3, 0.4) is 0 Å². The molecule has 0 unspecified atom stereocenters. The van der Waals surface area contributed by atoms with Crippen molar-refractivity contribution < 1.29 is 9.53 Å². The molecule has 3 rings (SSSR count). The molecule has 2 heterocycles. The Bertz CT molecular complexity index is 868. The molecule has 26 heavy (non-hydrogen) atoms. The van der Waals surface area contributed by atoms with Crippen LogP contribution in [0.5, 0.6) is 11.5 Å². The molecule has 0 saturated heterocycles. The lowest BCUT2D eigenvalue weighted by molar-refractivity contribution is 0.262. The standard InChI is InChI=1S/C20H21N3O2S/c1-20(2,3)18-12-15(13-26-18)23-19(24)22-14-4-6-16(7-5-14)25-17-8-10-21-11-9-17/h4-13H,1-3H3,(H2,22,23,24). The largest absolute Gasteiger partial charge is 0.457 e. The fourth-order valence-corrected chi connectivity index (χ4v) is 3.17. The number of nitrogens with zero attached hydrogens (tertiary/aromatic N) is 1. The number of carbonyl (C=O) groups is 1. The first-order valence-corrected chi connectivity index (χ1v) is 9.13. The van der Waals surface area contributed by atoms with Crippen LogP contribution in [0.4, 0.5) is 16.2 Å². The summed E-state index contributed by atoms with van der Waals surface area (Å²) in [7, 11) is 0. The monoisotopic (exact) mass is 367 g/mol. The molecule has 6 heteroatoms. The van der Waals surface area contributed by atoms with E-state index in [4.69, 9.17) is 4.74 Å². The van der Waals surface area contributed by atoms with Crippen LogP contribution in [-0.4, -0.2) is 11.0 Å². The number of anilines is 2. The molecular weight excluding hydrogens is 346 g/mol. The predicted molar refractivity (Wildman–Crippen MR) is 106 cm³/mol. The number of hydrogen-bond acceptors (Lipinski definition) is 4. The van der Waals surface area contributed by atoms with Gasteiger partial charge >= 0.3 is 6.03 Å². The average molecular weight is 367 g/mol. The van der Waals surface area contributed by atoms with E-state index in [-0.39, 0.29) is 11.4 Å². The van der Waals surface area contributed by atoms with E-state index in [1.165, 1.54) is 4.88 Å². The van der Waals surface area contributed by atoms with Crippen LogP contribution < -0.4 is 15.4 Å². The molecule has 0 saturated carbocycles. The van der Waals surface area contributed by atoms with Crippen LogP contribution >= 0.6 is 11.3 Å². The summed E-state index contributed by atoms with van der Waals surface area (Å²) >= 11 is 1.64. The molecule has 0 spiro atoms. The lowest BCUT2D eigenvalue weighted by Crippen LogP contribution is -2.19. The van der Waals surface area contributed by atoms with E-state index in [1.807, 2.05) is 11.4 Å². The topological polar surface area (TPSA) is 63.2 Å². The highest BCUT2D eigenvalue weighted by molar-refractivity contribution is 7.10. The summed E-state index contributed by atoms with van der Waals surface area (Å²) in [5, 5.41) is 7.63. The molecule has 0 fully saturated rings. The van der Waals surface area contributed by atoms with Crippen LogP contribution in [0.15, 0.2) is 60.2 Å². The van der Waals surface area contributed by atoms with Crippen molar-refractivity contribution in [2.24, 2.45) is 0 Å². The van der Waals surface area contributed by atoms with Gasteiger partial charge in [-0.1, -0.05) is 20.8 Å². The van der Waals surface area contributed by atoms with Gasteiger partial charge in [-0.2, -0.15) is 0 Å². The van der Waals surface area contributed by atoms with Gasteiger partial charge in [0, 0.05) is 28.3 Å². The number of benzene rings is 1. The lowest BCUT2D eigenvalue weighted by atomic mass is 9.95. The van der Waals surface area contributed by atoms with Crippen molar-refractivity contribution in [3.63, 3.8) is 0 Å². The van der Waals surface area contributed by atoms with E-state index in [9.17, 15) is 4.79 Å². The van der Waals surface area contributed by atoms with Gasteiger partial charge < -0.3 is 15.4 Å². The number of nitrogens with one attached hydrogen (secondary N) is 2. The first kappa shape index (κ1) is 17.9. The number of amides is 2. The summed E-state index contributed by atoms with van der Waals surface area (Å²) in [6.07, 6.45) is 3.34. The number of urea groups is 1. The van der Waals surface area contributed by atoms with E-state index >= 15 is 0 Å². The number of carbonyl (C=O) groups excluding carboxylic acids is 1. The molecule has 5 nitrogen and oxygen atoms in total. The SMILES string of the molecule is CC(C)(C)c1cc(NC(=O)Nc2ccc(Oc3ccncc3)cc2)cs1. The fourth-order valence-electron chi connectivity index (χ4n) is 2.24. The van der Waals surface area contributed by atoms with Crippen molar-refractivity contribution in [3.05, 3.63) is 65.1 Å². The summed E-state index contributed by atoms with van der Waals surface area (Å²) in [6.45, 7) is 6.45. The quantitative estimate of drug-likeness (QED) is 0.605. The molecule has 2 amide bonds. The molecule has 134 valence electrons. The van der Waals surface area contributed by atoms with Gasteiger partial charge in [-0.05, 0) is 47.9 Å². The molecule has 2 N–H and O–H groups in total. The van der Waals surface area contributed by atoms with Crippen LogP contribution in [0, 0.1) is 0 Å². The summed E-state index contributed by atoms with van der Waals surface area (Å²) in [6, 6.07) is 12.5. The van der Waals surface area contributed by atoms with Crippen molar-refractivity contribution in [2.75, 3.05) is 10.6 Å². The van der Waals surface area contributed by atoms with Crippen LogP contribution in [0.25, 0.3) is 0 Å². The second-order valence-electron chi connectivity index (χ2n) is 6.84. The Balaban J connectivity index is 1.57. The highest BCUT2D eigenvalue weighted by Crippen LogP contribution is 2.31. The lowest BCUT2D eigenvalue weighted by Gasteiger charge is -2.15. The average Bonchev–Trinajstić information content (AvgIpc) is 3.06. The van der Waals surface area contributed by atoms with Crippen LogP contribution in [0.1, 0.15) is 25.6 Å². The Morgan fingerprint density at radius 1 is 0.962 bits per heavy atom. The molecule has 3 aromatic rings. The third-order valence-electron chi connectivity index (χ3n) is 3.59. The van der Waals surface area contributed by atoms with Crippen molar-refractivity contribution in [1.82, 2.24) is 4.98 Å². The molecule has 0 bridgehead atoms. The number of hydrogen-bond donors (Lipinski definition) is 2. The van der Waals surface area contributed by atoms with Crippen LogP contribution in [-0.2, 0) is 5.41 Å². The van der Waals surface area contributed by atoms with Crippen molar-refractivity contribution in [1.29, 1.82) is 0 Å². The maximum absolute atomic E-state index is 12.2. The normalized spacial score (nSPS) is 11.0. The van der Waals surface area contributed by atoms with Crippen LogP contribution in [0.2, 0.25) is 0 Å². The van der Waals surface area contributed by atoms with Gasteiger partial charge in [0.25, 0.3) is 0 Å². The van der Waals surface area contributed by atoms with E-state index < -0.39 is 0 Å². The highest BCUT2D eigenvalue weighted by atomic mass is 32.1. The molecule has 0 radical (unpaired) electrons. The minimum absolute atomic E-state index is 0.0751. The molecule has 0 aliphatic rings. The zero-order valence-corrected chi connectivity index (χ0v) is 15.8. The zero-order valence-electron chi connectivity index (χ0n) is 14.9. The number of rotatable bonds is 4. The molecular formula is C20H21N3O2S. The van der Waals surface area contributed by atoms with E-state index in [0.29, 0.717) is 17.2 Å². The predicted octanol–water partition coefficient (Wildman–Crippen LogP) is 5.88. The molecule has 1 aromatic carbocycles. The first-order valence-electron chi connectivity index (χ1n) is 8.25. The number of aromatic nitrogens is 1. The van der Waals surface area contributed by atoms with Gasteiger partial charge in [-0.25, -0.2) is 4.79 Å². The van der Waals surface area contributed by atoms with E-state index in [2.05, 4.69) is 36.4 Å². The van der Waals surface area contributed by atoms with Gasteiger partial charge in [0.15, 0.2) is 0 Å². The van der Waals surface area contributed by atoms with Crippen molar-refractivity contribution in [3.8, 4) is 11.5 Å². The molecule has 0 atom stereocenters. The maximum Gasteiger partial charge on any atom is 0.323 e. The number of pyridine rings is 1. The van der Waals surface area contributed by atoms with Gasteiger partial charge in [0.2, 0.25) is 0 Å². The highest BCUT2D eigenvalue weighted by Gasteiger charge is 2.16. The second kappa shape index (κ2) is 7.58. The summed E-state index contributed by atoms with van der Waals surface area (Å²) in [4.78, 5) is 17.3. The Morgan fingerprint density at radius 2 is 1.58 bits per heavy atom.